The van der Waals surface area contributed by atoms with Crippen LogP contribution < -0.4 is 14.4 Å². The van der Waals surface area contributed by atoms with Crippen LogP contribution >= 0.6 is 11.3 Å². The van der Waals surface area contributed by atoms with E-state index in [1.165, 1.54) is 19.3 Å². The topological polar surface area (TPSA) is 59.1 Å². The summed E-state index contributed by atoms with van der Waals surface area (Å²) in [6.45, 7) is 5.43. The standard InChI is InChI=1S/C36H34N2O4S/c1-26(39)38(29-15-17-30(18-16-29)41-24-23-37-21-9-4-10-22-37)34-32-20-19-31(42-36(40)28-13-7-3-8-14-28)25-33(32)43-35(34)27-11-5-2-6-12-27/h2-3,5-8,11-20,25H,4,9-10,21-24H2,1H3. The van der Waals surface area contributed by atoms with Crippen molar-refractivity contribution in [2.45, 2.75) is 26.2 Å². The summed E-state index contributed by atoms with van der Waals surface area (Å²) in [7, 11) is 0. The lowest BCUT2D eigenvalue weighted by Gasteiger charge is -2.26. The number of hydrogen-bond acceptors (Lipinski definition) is 6. The number of likely N-dealkylation sites (tertiary alicyclic amines) is 1. The highest BCUT2D eigenvalue weighted by Crippen LogP contribution is 2.48. The maximum atomic E-state index is 13.3. The average molecular weight is 591 g/mol. The molecule has 1 aliphatic rings. The van der Waals surface area contributed by atoms with Gasteiger partial charge in [-0.3, -0.25) is 14.6 Å². The molecule has 0 saturated carbocycles. The van der Waals surface area contributed by atoms with E-state index < -0.39 is 5.97 Å². The third-order valence-corrected chi connectivity index (χ3v) is 8.84. The summed E-state index contributed by atoms with van der Waals surface area (Å²) in [6.07, 6.45) is 3.84. The van der Waals surface area contributed by atoms with Gasteiger partial charge < -0.3 is 9.47 Å². The van der Waals surface area contributed by atoms with Gasteiger partial charge in [0.2, 0.25) is 5.91 Å². The summed E-state index contributed by atoms with van der Waals surface area (Å²) in [5, 5.41) is 0.903. The van der Waals surface area contributed by atoms with E-state index in [0.29, 0.717) is 17.9 Å². The number of thiophene rings is 1. The molecule has 0 atom stereocenters. The Kier molecular flexibility index (Phi) is 8.82. The SMILES string of the molecule is CC(=O)N(c1ccc(OCCN2CCCCC2)cc1)c1c(-c2ccccc2)sc2cc(OC(=O)c3ccccc3)ccc12. The molecule has 1 aromatic heterocycles. The van der Waals surface area contributed by atoms with Crippen LogP contribution in [0.1, 0.15) is 36.5 Å². The number of carbonyl (C=O) groups is 2. The fraction of sp³-hybridized carbons (Fsp3) is 0.222. The molecule has 0 radical (unpaired) electrons. The van der Waals surface area contributed by atoms with Crippen molar-refractivity contribution in [3.63, 3.8) is 0 Å². The zero-order valence-electron chi connectivity index (χ0n) is 24.2. The smallest absolute Gasteiger partial charge is 0.343 e. The van der Waals surface area contributed by atoms with Crippen molar-refractivity contribution in [3.8, 4) is 21.9 Å². The van der Waals surface area contributed by atoms with Crippen molar-refractivity contribution < 1.29 is 19.1 Å². The molecule has 6 nitrogen and oxygen atoms in total. The molecule has 1 saturated heterocycles. The van der Waals surface area contributed by atoms with E-state index in [0.717, 1.165) is 57.3 Å². The van der Waals surface area contributed by atoms with Gasteiger partial charge in [0.25, 0.3) is 0 Å². The van der Waals surface area contributed by atoms with Crippen LogP contribution in [0.2, 0.25) is 0 Å². The molecule has 43 heavy (non-hydrogen) atoms. The number of rotatable bonds is 9. The van der Waals surface area contributed by atoms with Gasteiger partial charge in [-0.1, -0.05) is 55.0 Å². The van der Waals surface area contributed by atoms with Crippen LogP contribution in [0.5, 0.6) is 11.5 Å². The quantitative estimate of drug-likeness (QED) is 0.128. The largest absolute Gasteiger partial charge is 0.492 e. The van der Waals surface area contributed by atoms with Gasteiger partial charge in [-0.15, -0.1) is 11.3 Å². The fourth-order valence-electron chi connectivity index (χ4n) is 5.51. The van der Waals surface area contributed by atoms with E-state index in [1.807, 2.05) is 84.9 Å². The first kappa shape index (κ1) is 28.6. The molecule has 2 heterocycles. The van der Waals surface area contributed by atoms with Crippen molar-refractivity contribution in [1.29, 1.82) is 0 Å². The summed E-state index contributed by atoms with van der Waals surface area (Å²) in [5.74, 6) is 0.723. The maximum absolute atomic E-state index is 13.3. The zero-order chi connectivity index (χ0) is 29.6. The lowest BCUT2D eigenvalue weighted by molar-refractivity contribution is -0.115. The minimum Gasteiger partial charge on any atom is -0.492 e. The summed E-state index contributed by atoms with van der Waals surface area (Å²) < 4.78 is 12.7. The second-order valence-electron chi connectivity index (χ2n) is 10.7. The predicted octanol–water partition coefficient (Wildman–Crippen LogP) is 8.34. The van der Waals surface area contributed by atoms with Gasteiger partial charge in [0, 0.05) is 29.2 Å². The number of piperidine rings is 1. The molecule has 0 aliphatic carbocycles. The van der Waals surface area contributed by atoms with Gasteiger partial charge in [-0.05, 0) is 86.1 Å². The summed E-state index contributed by atoms with van der Waals surface area (Å²) >= 11 is 1.57. The number of carbonyl (C=O) groups excluding carboxylic acids is 2. The molecule has 4 aromatic carbocycles. The first-order valence-electron chi connectivity index (χ1n) is 14.7. The van der Waals surface area contributed by atoms with Crippen molar-refractivity contribution in [1.82, 2.24) is 4.90 Å². The number of fused-ring (bicyclic) bond motifs is 1. The van der Waals surface area contributed by atoms with E-state index >= 15 is 0 Å². The highest BCUT2D eigenvalue weighted by atomic mass is 32.1. The number of amides is 1. The Hall–Kier alpha value is -4.46. The molecule has 0 unspecified atom stereocenters. The molecule has 0 spiro atoms. The molecule has 7 heteroatoms. The molecule has 5 aromatic rings. The molecule has 0 N–H and O–H groups in total. The zero-order valence-corrected chi connectivity index (χ0v) is 25.0. The van der Waals surface area contributed by atoms with Gasteiger partial charge in [-0.2, -0.15) is 0 Å². The Balaban J connectivity index is 1.30. The van der Waals surface area contributed by atoms with Crippen LogP contribution in [0.3, 0.4) is 0 Å². The normalized spacial score (nSPS) is 13.5. The van der Waals surface area contributed by atoms with Gasteiger partial charge in [-0.25, -0.2) is 4.79 Å². The van der Waals surface area contributed by atoms with Crippen molar-refractivity contribution in [2.24, 2.45) is 0 Å². The Morgan fingerprint density at radius 2 is 1.49 bits per heavy atom. The lowest BCUT2D eigenvalue weighted by atomic mass is 10.1. The molecule has 1 aliphatic heterocycles. The Bertz CT molecular complexity index is 1690. The summed E-state index contributed by atoms with van der Waals surface area (Å²) in [6, 6.07) is 32.3. The lowest BCUT2D eigenvalue weighted by Crippen LogP contribution is -2.33. The van der Waals surface area contributed by atoms with Gasteiger partial charge >= 0.3 is 5.97 Å². The number of benzene rings is 4. The summed E-state index contributed by atoms with van der Waals surface area (Å²) in [4.78, 5) is 31.2. The van der Waals surface area contributed by atoms with Gasteiger partial charge in [0.05, 0.1) is 16.1 Å². The van der Waals surface area contributed by atoms with Crippen LogP contribution in [0, 0.1) is 0 Å². The molecule has 1 amide bonds. The van der Waals surface area contributed by atoms with Crippen LogP contribution in [0.4, 0.5) is 11.4 Å². The Labute approximate surface area is 256 Å². The molecule has 6 rings (SSSR count). The Morgan fingerprint density at radius 3 is 2.19 bits per heavy atom. The number of ether oxygens (including phenoxy) is 2. The Morgan fingerprint density at radius 1 is 0.814 bits per heavy atom. The average Bonchev–Trinajstić information content (AvgIpc) is 3.41. The van der Waals surface area contributed by atoms with E-state index in [1.54, 1.807) is 41.4 Å². The van der Waals surface area contributed by atoms with E-state index in [-0.39, 0.29) is 5.91 Å². The number of esters is 1. The van der Waals surface area contributed by atoms with Crippen LogP contribution in [0.15, 0.2) is 103 Å². The van der Waals surface area contributed by atoms with Crippen LogP contribution in [0.25, 0.3) is 20.5 Å². The first-order valence-corrected chi connectivity index (χ1v) is 15.5. The first-order chi connectivity index (χ1) is 21.1. The number of hydrogen-bond donors (Lipinski definition) is 0. The van der Waals surface area contributed by atoms with Crippen LogP contribution in [-0.4, -0.2) is 43.0 Å². The van der Waals surface area contributed by atoms with Gasteiger partial charge in [0.1, 0.15) is 18.1 Å². The fourth-order valence-corrected chi connectivity index (χ4v) is 6.73. The van der Waals surface area contributed by atoms with E-state index in [2.05, 4.69) is 4.90 Å². The van der Waals surface area contributed by atoms with Crippen molar-refractivity contribution >= 4 is 44.7 Å². The minimum atomic E-state index is -0.413. The highest BCUT2D eigenvalue weighted by Gasteiger charge is 2.25. The second-order valence-corrected chi connectivity index (χ2v) is 11.7. The van der Waals surface area contributed by atoms with E-state index in [9.17, 15) is 9.59 Å². The molecule has 1 fully saturated rings. The molecular weight excluding hydrogens is 556 g/mol. The molecular formula is C36H34N2O4S. The monoisotopic (exact) mass is 590 g/mol. The number of anilines is 2. The van der Waals surface area contributed by atoms with Gasteiger partial charge in [0.15, 0.2) is 0 Å². The van der Waals surface area contributed by atoms with Crippen molar-refractivity contribution in [3.05, 3.63) is 109 Å². The predicted molar refractivity (Wildman–Crippen MR) is 174 cm³/mol. The van der Waals surface area contributed by atoms with Crippen molar-refractivity contribution in [2.75, 3.05) is 31.1 Å². The highest BCUT2D eigenvalue weighted by molar-refractivity contribution is 7.23. The minimum absolute atomic E-state index is 0.102. The number of nitrogens with zero attached hydrogens (tertiary/aromatic N) is 2. The molecule has 218 valence electrons. The van der Waals surface area contributed by atoms with Crippen LogP contribution in [-0.2, 0) is 4.79 Å². The van der Waals surface area contributed by atoms with E-state index in [4.69, 9.17) is 9.47 Å². The third kappa shape index (κ3) is 6.63. The molecule has 0 bridgehead atoms. The maximum Gasteiger partial charge on any atom is 0.343 e. The summed E-state index contributed by atoms with van der Waals surface area (Å²) in [5.41, 5.74) is 3.05. The third-order valence-electron chi connectivity index (χ3n) is 7.65. The second kappa shape index (κ2) is 13.2.